The van der Waals surface area contributed by atoms with Crippen LogP contribution in [0.25, 0.3) is 0 Å². The van der Waals surface area contributed by atoms with Crippen LogP contribution in [-0.2, 0) is 17.8 Å². The molecule has 0 saturated heterocycles. The van der Waals surface area contributed by atoms with Gasteiger partial charge in [0.05, 0.1) is 6.20 Å². The lowest BCUT2D eigenvalue weighted by Gasteiger charge is -2.29. The Kier molecular flexibility index (Phi) is 7.25. The molecule has 4 rings (SSSR count). The van der Waals surface area contributed by atoms with Gasteiger partial charge in [0, 0.05) is 37.2 Å². The minimum Gasteiger partial charge on any atom is -0.536 e. The van der Waals surface area contributed by atoms with Crippen molar-refractivity contribution in [2.75, 3.05) is 0 Å². The third-order valence-electron chi connectivity index (χ3n) is 6.22. The number of nitrogens with zero attached hydrogens (tertiary/aromatic N) is 3. The number of carbonyl (C=O) groups excluding carboxylic acids is 2. The number of pyridine rings is 1. The number of rotatable bonds is 6. The predicted octanol–water partition coefficient (Wildman–Crippen LogP) is 1.32. The lowest BCUT2D eigenvalue weighted by molar-refractivity contribution is -0.121. The Bertz CT molecular complexity index is 1490. The van der Waals surface area contributed by atoms with E-state index in [0.717, 1.165) is 34.2 Å². The average molecular weight is 510 g/mol. The van der Waals surface area contributed by atoms with Crippen LogP contribution in [0.1, 0.15) is 36.2 Å². The summed E-state index contributed by atoms with van der Waals surface area (Å²) in [5, 5.41) is 22.3. The first-order chi connectivity index (χ1) is 17.6. The third-order valence-corrected chi connectivity index (χ3v) is 6.22. The molecule has 37 heavy (non-hydrogen) atoms. The molecule has 1 unspecified atom stereocenters. The highest BCUT2D eigenvalue weighted by Crippen LogP contribution is 2.36. The number of ketones is 1. The first-order valence-electron chi connectivity index (χ1n) is 11.5. The Morgan fingerprint density at radius 1 is 1.30 bits per heavy atom. The summed E-state index contributed by atoms with van der Waals surface area (Å²) in [6, 6.07) is 3.32. The van der Waals surface area contributed by atoms with Gasteiger partial charge < -0.3 is 24.7 Å². The molecular formula is C24H24BFN4O7. The summed E-state index contributed by atoms with van der Waals surface area (Å²) in [6.45, 7) is 3.67. The van der Waals surface area contributed by atoms with E-state index in [9.17, 15) is 33.7 Å². The zero-order chi connectivity index (χ0) is 26.9. The number of aromatic hydroxyl groups is 1. The highest BCUT2D eigenvalue weighted by molar-refractivity contribution is 6.46. The molecule has 0 saturated carbocycles. The molecule has 1 aliphatic heterocycles. The number of hydrogen-bond acceptors (Lipinski definition) is 8. The summed E-state index contributed by atoms with van der Waals surface area (Å²) in [6.07, 6.45) is 3.13. The van der Waals surface area contributed by atoms with E-state index in [1.165, 1.54) is 6.20 Å². The third kappa shape index (κ3) is 5.16. The molecule has 3 heterocycles. The van der Waals surface area contributed by atoms with Crippen molar-refractivity contribution in [3.8, 4) is 11.5 Å². The Hall–Kier alpha value is -4.26. The van der Waals surface area contributed by atoms with Crippen LogP contribution in [0.15, 0.2) is 52.4 Å². The normalized spacial score (nSPS) is 15.5. The lowest BCUT2D eigenvalue weighted by Crippen LogP contribution is -2.48. The van der Waals surface area contributed by atoms with E-state index in [-0.39, 0.29) is 19.4 Å². The van der Waals surface area contributed by atoms with E-state index in [2.05, 4.69) is 10.3 Å². The van der Waals surface area contributed by atoms with E-state index in [1.54, 1.807) is 13.0 Å². The monoisotopic (exact) mass is 510 g/mol. The molecule has 0 fully saturated rings. The van der Waals surface area contributed by atoms with E-state index >= 15 is 0 Å². The summed E-state index contributed by atoms with van der Waals surface area (Å²) in [5.74, 6) is -2.51. The Morgan fingerprint density at radius 3 is 2.76 bits per heavy atom. The first-order valence-corrected chi connectivity index (χ1v) is 11.5. The Labute approximate surface area is 210 Å². The maximum Gasteiger partial charge on any atom is 0.526 e. The van der Waals surface area contributed by atoms with Gasteiger partial charge in [0.1, 0.15) is 23.2 Å². The number of halogens is 1. The molecule has 2 atom stereocenters. The molecule has 192 valence electrons. The second-order valence-electron chi connectivity index (χ2n) is 8.71. The van der Waals surface area contributed by atoms with Gasteiger partial charge in [0.15, 0.2) is 11.6 Å². The molecule has 3 N–H and O–H groups in total. The highest BCUT2D eigenvalue weighted by atomic mass is 19.1. The van der Waals surface area contributed by atoms with Crippen LogP contribution in [0.3, 0.4) is 0 Å². The highest BCUT2D eigenvalue weighted by Gasteiger charge is 2.39. The standard InChI is InChI=1S/C24H24BFN4O7/c1-3-29-7-8-30(23(34)22(29)33)24(35)28-20(19-17(26)11-16(31)12-27-19)18(32)10-15-9-14-6-4-5-13(2)21(14)37-25(15)36/h4-8,11-12,15,20,31,36H,3,9-10H2,1-2H3,(H,28,35)/t15-,20?/m1/s1. The Balaban J connectivity index is 1.64. The molecule has 0 aliphatic carbocycles. The number of carbonyl (C=O) groups is 2. The molecule has 11 nitrogen and oxygen atoms in total. The second-order valence-corrected chi connectivity index (χ2v) is 8.71. The maximum atomic E-state index is 14.7. The average Bonchev–Trinajstić information content (AvgIpc) is 2.85. The zero-order valence-corrected chi connectivity index (χ0v) is 20.1. The zero-order valence-electron chi connectivity index (χ0n) is 20.1. The largest absolute Gasteiger partial charge is 0.536 e. The number of aryl methyl sites for hydroxylation is 2. The molecule has 1 aromatic carbocycles. The Morgan fingerprint density at radius 2 is 2.05 bits per heavy atom. The van der Waals surface area contributed by atoms with Crippen LogP contribution in [0.4, 0.5) is 9.18 Å². The number of Topliss-reactive ketones (excluding diaryl/α,β-unsaturated/α-hetero) is 1. The molecule has 1 aliphatic rings. The van der Waals surface area contributed by atoms with E-state index in [1.807, 2.05) is 19.1 Å². The number of aromatic nitrogens is 3. The van der Waals surface area contributed by atoms with Gasteiger partial charge in [-0.2, -0.15) is 0 Å². The van der Waals surface area contributed by atoms with Crippen molar-refractivity contribution in [1.82, 2.24) is 19.4 Å². The van der Waals surface area contributed by atoms with Gasteiger partial charge in [-0.15, -0.1) is 0 Å². The molecule has 3 aromatic rings. The van der Waals surface area contributed by atoms with Crippen molar-refractivity contribution in [1.29, 1.82) is 0 Å². The van der Waals surface area contributed by atoms with Gasteiger partial charge >= 0.3 is 24.3 Å². The molecule has 0 radical (unpaired) electrons. The van der Waals surface area contributed by atoms with Crippen LogP contribution in [0.2, 0.25) is 5.82 Å². The van der Waals surface area contributed by atoms with Gasteiger partial charge in [-0.25, -0.2) is 13.8 Å². The summed E-state index contributed by atoms with van der Waals surface area (Å²) in [7, 11) is -1.34. The van der Waals surface area contributed by atoms with Crippen molar-refractivity contribution < 1.29 is 28.8 Å². The van der Waals surface area contributed by atoms with Gasteiger partial charge in [-0.3, -0.25) is 19.4 Å². The molecule has 0 bridgehead atoms. The number of amides is 1. The van der Waals surface area contributed by atoms with Crippen molar-refractivity contribution >= 4 is 18.9 Å². The number of hydrogen-bond donors (Lipinski definition) is 3. The minimum absolute atomic E-state index is 0.203. The van der Waals surface area contributed by atoms with E-state index in [4.69, 9.17) is 4.65 Å². The quantitative estimate of drug-likeness (QED) is 0.332. The number of fused-ring (bicyclic) bond motifs is 1. The number of nitrogens with one attached hydrogen (secondary N) is 1. The van der Waals surface area contributed by atoms with Gasteiger partial charge in [0.25, 0.3) is 0 Å². The summed E-state index contributed by atoms with van der Waals surface area (Å²) in [5.41, 5.74) is -1.02. The van der Waals surface area contributed by atoms with Crippen LogP contribution >= 0.6 is 0 Å². The molecule has 2 aromatic heterocycles. The molecular weight excluding hydrogens is 486 g/mol. The van der Waals surface area contributed by atoms with Crippen molar-refractivity contribution in [3.63, 3.8) is 0 Å². The van der Waals surface area contributed by atoms with Crippen LogP contribution < -0.4 is 21.1 Å². The van der Waals surface area contributed by atoms with Crippen molar-refractivity contribution in [3.05, 3.63) is 86.2 Å². The summed E-state index contributed by atoms with van der Waals surface area (Å²) in [4.78, 5) is 54.6. The number of para-hydroxylation sites is 1. The molecule has 13 heteroatoms. The fourth-order valence-electron chi connectivity index (χ4n) is 4.25. The van der Waals surface area contributed by atoms with Crippen molar-refractivity contribution in [2.45, 2.75) is 45.1 Å². The minimum atomic E-state index is -1.69. The van der Waals surface area contributed by atoms with Crippen LogP contribution in [-0.4, -0.2) is 43.2 Å². The fourth-order valence-corrected chi connectivity index (χ4v) is 4.25. The van der Waals surface area contributed by atoms with Gasteiger partial charge in [-0.05, 0) is 31.4 Å². The SMILES string of the molecule is CCn1ccn(C(=O)NC(C(=O)C[C@H]2Cc3cccc(C)c3OB2O)c2ncc(O)cc2F)c(=O)c1=O. The van der Waals surface area contributed by atoms with Gasteiger partial charge in [0.2, 0.25) is 0 Å². The fraction of sp³-hybridized carbons (Fsp3) is 0.292. The second kappa shape index (κ2) is 10.4. The number of benzene rings is 1. The first kappa shape index (κ1) is 25.8. The van der Waals surface area contributed by atoms with Gasteiger partial charge in [-0.1, -0.05) is 18.2 Å². The summed E-state index contributed by atoms with van der Waals surface area (Å²) < 4.78 is 21.9. The summed E-state index contributed by atoms with van der Waals surface area (Å²) >= 11 is 0. The van der Waals surface area contributed by atoms with E-state index < -0.39 is 59.2 Å². The molecule has 1 amide bonds. The maximum absolute atomic E-state index is 14.7. The van der Waals surface area contributed by atoms with Crippen LogP contribution in [0, 0.1) is 12.7 Å². The predicted molar refractivity (Wildman–Crippen MR) is 130 cm³/mol. The van der Waals surface area contributed by atoms with Crippen LogP contribution in [0.5, 0.6) is 11.5 Å². The lowest BCUT2D eigenvalue weighted by atomic mass is 9.64. The molecule has 0 spiro atoms. The van der Waals surface area contributed by atoms with E-state index in [0.29, 0.717) is 10.3 Å². The van der Waals surface area contributed by atoms with Crippen molar-refractivity contribution in [2.24, 2.45) is 0 Å². The smallest absolute Gasteiger partial charge is 0.526 e. The topological polar surface area (TPSA) is 153 Å².